The summed E-state index contributed by atoms with van der Waals surface area (Å²) in [5.41, 5.74) is 3.23. The predicted molar refractivity (Wildman–Crippen MR) is 81.7 cm³/mol. The van der Waals surface area contributed by atoms with E-state index >= 15 is 0 Å². The van der Waals surface area contributed by atoms with E-state index in [1.807, 2.05) is 0 Å². The van der Waals surface area contributed by atoms with Crippen LogP contribution < -0.4 is 0 Å². The van der Waals surface area contributed by atoms with Gasteiger partial charge in [0.05, 0.1) is 0 Å². The highest BCUT2D eigenvalue weighted by atomic mass is 16.3. The van der Waals surface area contributed by atoms with Crippen LogP contribution in [0.2, 0.25) is 0 Å². The van der Waals surface area contributed by atoms with E-state index in [9.17, 15) is 20.4 Å². The summed E-state index contributed by atoms with van der Waals surface area (Å²) >= 11 is 0. The molecule has 0 aliphatic heterocycles. The maximum atomic E-state index is 9.91. The van der Waals surface area contributed by atoms with Crippen molar-refractivity contribution in [2.24, 2.45) is 0 Å². The molecule has 2 aromatic carbocycles. The van der Waals surface area contributed by atoms with E-state index in [0.717, 1.165) is 35.1 Å². The van der Waals surface area contributed by atoms with Gasteiger partial charge >= 0.3 is 0 Å². The van der Waals surface area contributed by atoms with Crippen molar-refractivity contribution >= 4 is 0 Å². The maximum Gasteiger partial charge on any atom is 0.157 e. The van der Waals surface area contributed by atoms with Crippen molar-refractivity contribution in [1.29, 1.82) is 0 Å². The molecule has 2 aromatic rings. The van der Waals surface area contributed by atoms with E-state index in [2.05, 4.69) is 13.8 Å². The first-order valence-corrected chi connectivity index (χ1v) is 7.41. The zero-order chi connectivity index (χ0) is 15.9. The summed E-state index contributed by atoms with van der Waals surface area (Å²) in [6, 6.07) is 6.54. The molecule has 0 atom stereocenters. The molecule has 0 amide bonds. The Bertz CT molecular complexity index is 695. The molecule has 114 valence electrons. The van der Waals surface area contributed by atoms with Gasteiger partial charge in [-0.25, -0.2) is 0 Å². The molecule has 0 radical (unpaired) electrons. The number of phenols is 4. The molecule has 4 heteroatoms. The number of fused-ring (bicyclic) bond motifs is 1. The van der Waals surface area contributed by atoms with Gasteiger partial charge in [0.1, 0.15) is 0 Å². The number of rotatable bonds is 0. The van der Waals surface area contributed by atoms with Crippen LogP contribution in [0.4, 0.5) is 0 Å². The molecule has 0 saturated heterocycles. The van der Waals surface area contributed by atoms with Crippen LogP contribution in [0, 0.1) is 0 Å². The normalized spacial score (nSPS) is 28.3. The molecular formula is C18H18O4. The smallest absolute Gasteiger partial charge is 0.157 e. The minimum Gasteiger partial charge on any atom is -0.504 e. The molecular weight excluding hydrogens is 280 g/mol. The third-order valence-corrected chi connectivity index (χ3v) is 5.73. The van der Waals surface area contributed by atoms with E-state index in [1.54, 1.807) is 24.3 Å². The lowest BCUT2D eigenvalue weighted by molar-refractivity contribution is 0.315. The molecule has 0 spiro atoms. The zero-order valence-electron chi connectivity index (χ0n) is 12.5. The average Bonchev–Trinajstić information content (AvgIpc) is 2.46. The highest BCUT2D eigenvalue weighted by molar-refractivity contribution is 5.67. The van der Waals surface area contributed by atoms with Crippen molar-refractivity contribution in [3.8, 4) is 23.0 Å². The molecule has 3 aliphatic rings. The van der Waals surface area contributed by atoms with Crippen LogP contribution in [-0.4, -0.2) is 20.4 Å². The zero-order valence-corrected chi connectivity index (χ0v) is 12.5. The van der Waals surface area contributed by atoms with Crippen LogP contribution in [0.25, 0.3) is 0 Å². The van der Waals surface area contributed by atoms with E-state index < -0.39 is 0 Å². The summed E-state index contributed by atoms with van der Waals surface area (Å²) in [5, 5.41) is 39.6. The molecule has 5 rings (SSSR count). The van der Waals surface area contributed by atoms with Gasteiger partial charge in [-0.3, -0.25) is 0 Å². The van der Waals surface area contributed by atoms with Crippen molar-refractivity contribution in [3.05, 3.63) is 46.5 Å². The quantitative estimate of drug-likeness (QED) is 0.563. The van der Waals surface area contributed by atoms with Gasteiger partial charge < -0.3 is 20.4 Å². The van der Waals surface area contributed by atoms with Crippen molar-refractivity contribution in [2.75, 3.05) is 0 Å². The van der Waals surface area contributed by atoms with E-state index in [-0.39, 0.29) is 33.8 Å². The van der Waals surface area contributed by atoms with Crippen molar-refractivity contribution in [2.45, 2.75) is 37.5 Å². The molecule has 0 heterocycles. The van der Waals surface area contributed by atoms with Crippen molar-refractivity contribution < 1.29 is 20.4 Å². The highest BCUT2D eigenvalue weighted by Gasteiger charge is 2.52. The Balaban J connectivity index is 2.13. The molecule has 4 N–H and O–H groups in total. The number of hydrogen-bond acceptors (Lipinski definition) is 4. The molecule has 0 saturated carbocycles. The maximum absolute atomic E-state index is 9.91. The van der Waals surface area contributed by atoms with Gasteiger partial charge in [0, 0.05) is 10.8 Å². The number of phenolic OH excluding ortho intramolecular Hbond substituents is 4. The highest BCUT2D eigenvalue weighted by Crippen LogP contribution is 2.61. The summed E-state index contributed by atoms with van der Waals surface area (Å²) < 4.78 is 0. The summed E-state index contributed by atoms with van der Waals surface area (Å²) in [5.74, 6) is -0.497. The second-order valence-corrected chi connectivity index (χ2v) is 6.94. The average molecular weight is 298 g/mol. The SMILES string of the molecule is C[C@]12CC[C@@](C)(c3cc(O)c(O)cc31)c1cc(O)c(O)cc12. The molecule has 3 aliphatic carbocycles. The van der Waals surface area contributed by atoms with Crippen molar-refractivity contribution in [3.63, 3.8) is 0 Å². The van der Waals surface area contributed by atoms with Crippen LogP contribution >= 0.6 is 0 Å². The second kappa shape index (κ2) is 3.69. The summed E-state index contributed by atoms with van der Waals surface area (Å²) in [7, 11) is 0. The van der Waals surface area contributed by atoms with Crippen molar-refractivity contribution in [1.82, 2.24) is 0 Å². The monoisotopic (exact) mass is 298 g/mol. The van der Waals surface area contributed by atoms with Crippen LogP contribution in [-0.2, 0) is 10.8 Å². The molecule has 4 nitrogen and oxygen atoms in total. The fraction of sp³-hybridized carbons (Fsp3) is 0.333. The lowest BCUT2D eigenvalue weighted by atomic mass is 9.50. The van der Waals surface area contributed by atoms with Gasteiger partial charge in [0.2, 0.25) is 0 Å². The van der Waals surface area contributed by atoms with Gasteiger partial charge in [0.15, 0.2) is 23.0 Å². The standard InChI is InChI=1S/C18H18O4/c1-17-3-4-18(2,11-7-15(21)13(19)5-9(11)17)12-8-16(22)14(20)6-10(12)17/h5-8,19-22H,3-4H2,1-2H3/t17-,18-. The van der Waals surface area contributed by atoms with E-state index in [0.29, 0.717) is 0 Å². The largest absolute Gasteiger partial charge is 0.504 e. The number of benzene rings is 2. The van der Waals surface area contributed by atoms with Crippen LogP contribution in [0.15, 0.2) is 24.3 Å². The van der Waals surface area contributed by atoms with E-state index in [1.165, 1.54) is 0 Å². The van der Waals surface area contributed by atoms with Gasteiger partial charge in [-0.05, 0) is 59.4 Å². The third kappa shape index (κ3) is 1.33. The lowest BCUT2D eigenvalue weighted by Crippen LogP contribution is -2.46. The Morgan fingerprint density at radius 3 is 1.05 bits per heavy atom. The Kier molecular flexibility index (Phi) is 2.23. The van der Waals surface area contributed by atoms with E-state index in [4.69, 9.17) is 0 Å². The first-order chi connectivity index (χ1) is 10.3. The molecule has 2 bridgehead atoms. The third-order valence-electron chi connectivity index (χ3n) is 5.73. The Morgan fingerprint density at radius 2 is 0.818 bits per heavy atom. The fourth-order valence-electron chi connectivity index (χ4n) is 4.31. The minimum atomic E-state index is -0.348. The predicted octanol–water partition coefficient (Wildman–Crippen LogP) is 3.23. The first-order valence-electron chi connectivity index (χ1n) is 7.41. The van der Waals surface area contributed by atoms with Crippen LogP contribution in [0.1, 0.15) is 48.9 Å². The Morgan fingerprint density at radius 1 is 0.591 bits per heavy atom. The molecule has 0 unspecified atom stereocenters. The molecule has 0 fully saturated rings. The number of hydrogen-bond donors (Lipinski definition) is 4. The summed E-state index contributed by atoms with van der Waals surface area (Å²) in [6.45, 7) is 4.16. The Labute approximate surface area is 128 Å². The molecule has 22 heavy (non-hydrogen) atoms. The summed E-state index contributed by atoms with van der Waals surface area (Å²) in [6.07, 6.45) is 1.77. The minimum absolute atomic E-state index is 0.124. The number of aromatic hydroxyl groups is 4. The fourth-order valence-corrected chi connectivity index (χ4v) is 4.31. The Hall–Kier alpha value is -2.36. The van der Waals surface area contributed by atoms with Gasteiger partial charge in [-0.1, -0.05) is 13.8 Å². The van der Waals surface area contributed by atoms with Gasteiger partial charge in [-0.2, -0.15) is 0 Å². The lowest BCUT2D eigenvalue weighted by Gasteiger charge is -2.53. The molecule has 0 aromatic heterocycles. The summed E-state index contributed by atoms with van der Waals surface area (Å²) in [4.78, 5) is 0. The second-order valence-electron chi connectivity index (χ2n) is 6.94. The van der Waals surface area contributed by atoms with Gasteiger partial charge in [-0.15, -0.1) is 0 Å². The van der Waals surface area contributed by atoms with Gasteiger partial charge in [0.25, 0.3) is 0 Å². The first kappa shape index (κ1) is 13.3. The van der Waals surface area contributed by atoms with Crippen LogP contribution in [0.5, 0.6) is 23.0 Å². The topological polar surface area (TPSA) is 80.9 Å². The van der Waals surface area contributed by atoms with Crippen LogP contribution in [0.3, 0.4) is 0 Å².